The summed E-state index contributed by atoms with van der Waals surface area (Å²) in [6, 6.07) is 12.5. The minimum absolute atomic E-state index is 0.145. The third-order valence-corrected chi connectivity index (χ3v) is 3.76. The monoisotopic (exact) mass is 258 g/mol. The Kier molecular flexibility index (Phi) is 3.51. The zero-order valence-electron chi connectivity index (χ0n) is 10.8. The summed E-state index contributed by atoms with van der Waals surface area (Å²) in [5.74, 6) is 1.14. The average molecular weight is 258 g/mol. The van der Waals surface area contributed by atoms with Gasteiger partial charge in [0.2, 0.25) is 0 Å². The molecule has 19 heavy (non-hydrogen) atoms. The minimum Gasteiger partial charge on any atom is -0.383 e. The molecule has 2 heterocycles. The van der Waals surface area contributed by atoms with Crippen molar-refractivity contribution in [2.45, 2.75) is 31.2 Å². The van der Waals surface area contributed by atoms with Crippen molar-refractivity contribution in [2.24, 2.45) is 0 Å². The van der Waals surface area contributed by atoms with Crippen molar-refractivity contribution in [2.75, 3.05) is 6.54 Å². The maximum Gasteiger partial charge on any atom is 0.280 e. The first-order chi connectivity index (χ1) is 9.31. The van der Waals surface area contributed by atoms with Crippen LogP contribution in [0.25, 0.3) is 0 Å². The van der Waals surface area contributed by atoms with E-state index >= 15 is 0 Å². The van der Waals surface area contributed by atoms with Crippen LogP contribution in [0.3, 0.4) is 0 Å². The predicted octanol–water partition coefficient (Wildman–Crippen LogP) is 2.05. The van der Waals surface area contributed by atoms with Crippen LogP contribution in [0.1, 0.15) is 30.1 Å². The van der Waals surface area contributed by atoms with E-state index in [4.69, 9.17) is 4.52 Å². The molecule has 1 aromatic heterocycles. The van der Waals surface area contributed by atoms with E-state index in [-0.39, 0.29) is 5.56 Å². The molecule has 4 heteroatoms. The Bertz CT molecular complexity index is 573. The first-order valence-electron chi connectivity index (χ1n) is 6.77. The van der Waals surface area contributed by atoms with Gasteiger partial charge in [-0.2, -0.15) is 5.16 Å². The van der Waals surface area contributed by atoms with E-state index in [9.17, 15) is 4.79 Å². The van der Waals surface area contributed by atoms with Crippen molar-refractivity contribution in [1.29, 1.82) is 0 Å². The Morgan fingerprint density at radius 1 is 1.26 bits per heavy atom. The van der Waals surface area contributed by atoms with E-state index in [2.05, 4.69) is 34.7 Å². The molecule has 1 aliphatic rings. The lowest BCUT2D eigenvalue weighted by atomic mass is 9.87. The maximum atomic E-state index is 11.1. The number of hydrogen-bond acceptors (Lipinski definition) is 3. The topological polar surface area (TPSA) is 58.0 Å². The third kappa shape index (κ3) is 2.96. The lowest BCUT2D eigenvalue weighted by Crippen LogP contribution is -2.38. The molecule has 0 spiro atoms. The molecule has 3 rings (SSSR count). The Labute approximate surface area is 111 Å². The number of benzene rings is 1. The molecule has 0 radical (unpaired) electrons. The molecule has 2 unspecified atom stereocenters. The van der Waals surface area contributed by atoms with Gasteiger partial charge in [0.15, 0.2) is 0 Å². The zero-order valence-corrected chi connectivity index (χ0v) is 10.8. The average Bonchev–Trinajstić information content (AvgIpc) is 2.87. The Hall–Kier alpha value is -1.81. The third-order valence-electron chi connectivity index (χ3n) is 3.76. The Morgan fingerprint density at radius 3 is 2.84 bits per heavy atom. The van der Waals surface area contributed by atoms with Crippen molar-refractivity contribution in [3.8, 4) is 0 Å². The largest absolute Gasteiger partial charge is 0.383 e. The van der Waals surface area contributed by atoms with Gasteiger partial charge in [-0.15, -0.1) is 0 Å². The summed E-state index contributed by atoms with van der Waals surface area (Å²) >= 11 is 0. The second-order valence-electron chi connectivity index (χ2n) is 5.18. The van der Waals surface area contributed by atoms with Gasteiger partial charge in [-0.05, 0) is 31.4 Å². The van der Waals surface area contributed by atoms with Crippen LogP contribution in [0.4, 0.5) is 0 Å². The van der Waals surface area contributed by atoms with Gasteiger partial charge in [-0.1, -0.05) is 30.3 Å². The van der Waals surface area contributed by atoms with Crippen LogP contribution in [0.15, 0.2) is 45.7 Å². The molecule has 2 aromatic rings. The summed E-state index contributed by atoms with van der Waals surface area (Å²) in [4.78, 5) is 11.1. The number of aromatic nitrogens is 1. The highest BCUT2D eigenvalue weighted by Crippen LogP contribution is 2.27. The quantitative estimate of drug-likeness (QED) is 0.885. The second kappa shape index (κ2) is 5.45. The van der Waals surface area contributed by atoms with Gasteiger partial charge in [-0.25, -0.2) is 0 Å². The second-order valence-corrected chi connectivity index (χ2v) is 5.18. The highest BCUT2D eigenvalue weighted by molar-refractivity contribution is 5.17. The van der Waals surface area contributed by atoms with E-state index in [1.165, 1.54) is 5.56 Å². The molecule has 1 aromatic carbocycles. The van der Waals surface area contributed by atoms with Gasteiger partial charge in [0.25, 0.3) is 5.56 Å². The highest BCUT2D eigenvalue weighted by Gasteiger charge is 2.25. The summed E-state index contributed by atoms with van der Waals surface area (Å²) in [5, 5.41) is 5.92. The molecular weight excluding hydrogens is 240 g/mol. The van der Waals surface area contributed by atoms with Crippen LogP contribution in [0.2, 0.25) is 0 Å². The summed E-state index contributed by atoms with van der Waals surface area (Å²) < 4.78 is 5.24. The summed E-state index contributed by atoms with van der Waals surface area (Å²) in [6.45, 7) is 0.969. The highest BCUT2D eigenvalue weighted by atomic mass is 16.5. The summed E-state index contributed by atoms with van der Waals surface area (Å²) in [5.41, 5.74) is 1.20. The normalized spacial score (nSPS) is 23.4. The first-order valence-corrected chi connectivity index (χ1v) is 6.77. The van der Waals surface area contributed by atoms with E-state index < -0.39 is 0 Å². The van der Waals surface area contributed by atoms with Gasteiger partial charge in [-0.3, -0.25) is 4.79 Å². The van der Waals surface area contributed by atoms with Crippen LogP contribution in [-0.2, 0) is 6.42 Å². The lowest BCUT2D eigenvalue weighted by molar-refractivity contribution is 0.292. The maximum absolute atomic E-state index is 11.1. The SMILES string of the molecule is O=c1cc(C2CCNC(Cc3ccccc3)C2)o[nH]1. The minimum atomic E-state index is -0.145. The van der Waals surface area contributed by atoms with E-state index in [0.717, 1.165) is 31.6 Å². The molecular formula is C15H18N2O2. The van der Waals surface area contributed by atoms with Gasteiger partial charge in [0.1, 0.15) is 5.76 Å². The van der Waals surface area contributed by atoms with E-state index in [1.807, 2.05) is 6.07 Å². The fraction of sp³-hybridized carbons (Fsp3) is 0.400. The van der Waals surface area contributed by atoms with Gasteiger partial charge >= 0.3 is 0 Å². The van der Waals surface area contributed by atoms with Crippen molar-refractivity contribution >= 4 is 0 Å². The molecule has 0 aliphatic carbocycles. The summed E-state index contributed by atoms with van der Waals surface area (Å²) in [7, 11) is 0. The molecule has 4 nitrogen and oxygen atoms in total. The van der Waals surface area contributed by atoms with Crippen molar-refractivity contribution < 1.29 is 4.52 Å². The van der Waals surface area contributed by atoms with Crippen molar-refractivity contribution in [1.82, 2.24) is 10.5 Å². The molecule has 1 fully saturated rings. The van der Waals surface area contributed by atoms with Crippen molar-refractivity contribution in [3.63, 3.8) is 0 Å². The van der Waals surface area contributed by atoms with E-state index in [0.29, 0.717) is 12.0 Å². The number of piperidine rings is 1. The number of rotatable bonds is 3. The Balaban J connectivity index is 1.66. The smallest absolute Gasteiger partial charge is 0.280 e. The van der Waals surface area contributed by atoms with Gasteiger partial charge in [0.05, 0.1) is 0 Å². The lowest BCUT2D eigenvalue weighted by Gasteiger charge is -2.29. The molecule has 0 saturated carbocycles. The standard InChI is InChI=1S/C15H18N2O2/c18-15-10-14(19-17-15)12-6-7-16-13(9-12)8-11-4-2-1-3-5-11/h1-5,10,12-13,16H,6-9H2,(H,17,18). The number of aromatic amines is 1. The van der Waals surface area contributed by atoms with Gasteiger partial charge < -0.3 is 9.84 Å². The zero-order chi connectivity index (χ0) is 13.1. The van der Waals surface area contributed by atoms with Crippen LogP contribution in [0.5, 0.6) is 0 Å². The molecule has 100 valence electrons. The number of hydrogen-bond donors (Lipinski definition) is 2. The van der Waals surface area contributed by atoms with Crippen LogP contribution >= 0.6 is 0 Å². The molecule has 1 aliphatic heterocycles. The fourth-order valence-electron chi connectivity index (χ4n) is 2.82. The molecule has 2 N–H and O–H groups in total. The van der Waals surface area contributed by atoms with Crippen LogP contribution in [-0.4, -0.2) is 17.7 Å². The van der Waals surface area contributed by atoms with Gasteiger partial charge in [0, 0.05) is 18.0 Å². The van der Waals surface area contributed by atoms with Crippen LogP contribution < -0.4 is 10.9 Å². The predicted molar refractivity (Wildman–Crippen MR) is 73.2 cm³/mol. The molecule has 0 bridgehead atoms. The molecule has 0 amide bonds. The molecule has 2 atom stereocenters. The van der Waals surface area contributed by atoms with Crippen LogP contribution in [0, 0.1) is 0 Å². The number of nitrogens with one attached hydrogen (secondary N) is 2. The fourth-order valence-corrected chi connectivity index (χ4v) is 2.82. The first kappa shape index (κ1) is 12.2. The summed E-state index contributed by atoms with van der Waals surface area (Å²) in [6.07, 6.45) is 3.05. The number of H-pyrrole nitrogens is 1. The Morgan fingerprint density at radius 2 is 2.11 bits per heavy atom. The van der Waals surface area contributed by atoms with E-state index in [1.54, 1.807) is 6.07 Å². The van der Waals surface area contributed by atoms with Crippen molar-refractivity contribution in [3.05, 3.63) is 58.1 Å². The molecule has 1 saturated heterocycles.